The molecule has 0 radical (unpaired) electrons. The van der Waals surface area contributed by atoms with E-state index in [0.717, 1.165) is 32.1 Å². The van der Waals surface area contributed by atoms with Crippen molar-refractivity contribution in [3.63, 3.8) is 0 Å². The summed E-state index contributed by atoms with van der Waals surface area (Å²) in [6, 6.07) is -0.00944. The van der Waals surface area contributed by atoms with Gasteiger partial charge in [0.1, 0.15) is 6.04 Å². The molecule has 4 heteroatoms. The zero-order chi connectivity index (χ0) is 13.7. The lowest BCUT2D eigenvalue weighted by molar-refractivity contribution is -0.153. The van der Waals surface area contributed by atoms with Gasteiger partial charge in [-0.25, -0.2) is 0 Å². The van der Waals surface area contributed by atoms with Crippen LogP contribution in [0.25, 0.3) is 0 Å². The van der Waals surface area contributed by atoms with Gasteiger partial charge in [-0.15, -0.1) is 0 Å². The van der Waals surface area contributed by atoms with Crippen molar-refractivity contribution in [2.24, 2.45) is 11.8 Å². The van der Waals surface area contributed by atoms with Crippen LogP contribution in [0.4, 0.5) is 0 Å². The van der Waals surface area contributed by atoms with E-state index >= 15 is 0 Å². The topological polar surface area (TPSA) is 41.6 Å². The maximum atomic E-state index is 12.4. The van der Waals surface area contributed by atoms with Gasteiger partial charge in [0.25, 0.3) is 0 Å². The summed E-state index contributed by atoms with van der Waals surface area (Å²) in [4.78, 5) is 14.7. The zero-order valence-electron chi connectivity index (χ0n) is 12.4. The second-order valence-corrected chi connectivity index (χ2v) is 6.01. The van der Waals surface area contributed by atoms with Gasteiger partial charge in [-0.05, 0) is 31.6 Å². The molecule has 2 aliphatic rings. The van der Waals surface area contributed by atoms with E-state index in [4.69, 9.17) is 4.74 Å². The Bertz CT molecular complexity index is 290. The summed E-state index contributed by atoms with van der Waals surface area (Å²) < 4.78 is 5.34. The summed E-state index contributed by atoms with van der Waals surface area (Å²) in [7, 11) is 0. The molecule has 0 aromatic rings. The third-order valence-corrected chi connectivity index (χ3v) is 4.50. The van der Waals surface area contributed by atoms with Crippen LogP contribution in [0, 0.1) is 11.8 Å². The molecule has 0 aromatic carbocycles. The highest BCUT2D eigenvalue weighted by Gasteiger charge is 2.37. The molecular formula is C15H28N2O2. The van der Waals surface area contributed by atoms with Gasteiger partial charge in [-0.1, -0.05) is 19.8 Å². The number of carbonyl (C=O) groups is 1. The van der Waals surface area contributed by atoms with Gasteiger partial charge in [-0.2, -0.15) is 0 Å². The molecule has 3 unspecified atom stereocenters. The molecule has 2 rings (SSSR count). The highest BCUT2D eigenvalue weighted by molar-refractivity contribution is 5.76. The van der Waals surface area contributed by atoms with E-state index in [1.54, 1.807) is 0 Å². The molecule has 3 atom stereocenters. The van der Waals surface area contributed by atoms with Crippen molar-refractivity contribution in [1.82, 2.24) is 10.2 Å². The minimum atomic E-state index is -0.00944. The predicted octanol–water partition coefficient (Wildman–Crippen LogP) is 1.65. The molecule has 1 N–H and O–H groups in total. The first kappa shape index (κ1) is 14.8. The minimum Gasteiger partial charge on any atom is -0.465 e. The zero-order valence-corrected chi connectivity index (χ0v) is 12.4. The first-order valence-corrected chi connectivity index (χ1v) is 7.83. The number of ether oxygens (including phenoxy) is 1. The van der Waals surface area contributed by atoms with Crippen molar-refractivity contribution < 1.29 is 9.53 Å². The smallest absolute Gasteiger partial charge is 0.323 e. The summed E-state index contributed by atoms with van der Waals surface area (Å²) in [6.07, 6.45) is 4.92. The lowest BCUT2D eigenvalue weighted by Crippen LogP contribution is -2.55. The van der Waals surface area contributed by atoms with E-state index in [0.29, 0.717) is 12.5 Å². The fourth-order valence-corrected chi connectivity index (χ4v) is 3.60. The van der Waals surface area contributed by atoms with Gasteiger partial charge in [0, 0.05) is 26.2 Å². The van der Waals surface area contributed by atoms with Gasteiger partial charge in [0.15, 0.2) is 0 Å². The summed E-state index contributed by atoms with van der Waals surface area (Å²) in [5.74, 6) is 1.24. The molecule has 0 bridgehead atoms. The first-order chi connectivity index (χ1) is 9.22. The fraction of sp³-hybridized carbons (Fsp3) is 0.933. The Hall–Kier alpha value is -0.610. The Morgan fingerprint density at radius 2 is 2.11 bits per heavy atom. The average Bonchev–Trinajstić information content (AvgIpc) is 2.40. The van der Waals surface area contributed by atoms with Gasteiger partial charge >= 0.3 is 5.97 Å². The van der Waals surface area contributed by atoms with Crippen LogP contribution < -0.4 is 5.32 Å². The second-order valence-electron chi connectivity index (χ2n) is 6.01. The maximum absolute atomic E-state index is 12.4. The Morgan fingerprint density at radius 3 is 2.74 bits per heavy atom. The molecule has 1 heterocycles. The number of piperazine rings is 1. The molecule has 1 aliphatic heterocycles. The Kier molecular flexibility index (Phi) is 5.64. The van der Waals surface area contributed by atoms with E-state index in [-0.39, 0.29) is 12.0 Å². The quantitative estimate of drug-likeness (QED) is 0.787. The Balaban J connectivity index is 2.05. The molecule has 1 saturated heterocycles. The van der Waals surface area contributed by atoms with Crippen molar-refractivity contribution in [1.29, 1.82) is 0 Å². The molecule has 0 spiro atoms. The molecule has 4 nitrogen and oxygen atoms in total. The van der Waals surface area contributed by atoms with Crippen LogP contribution in [-0.4, -0.2) is 49.7 Å². The van der Waals surface area contributed by atoms with E-state index in [2.05, 4.69) is 17.1 Å². The molecule has 110 valence electrons. The molecule has 0 amide bonds. The molecular weight excluding hydrogens is 240 g/mol. The van der Waals surface area contributed by atoms with Crippen molar-refractivity contribution in [2.75, 3.05) is 32.8 Å². The SMILES string of the molecule is CCOC(=O)C(C1CCCC(C)C1)N1CCNCC1. The van der Waals surface area contributed by atoms with Crippen LogP contribution in [0.5, 0.6) is 0 Å². The Morgan fingerprint density at radius 1 is 1.37 bits per heavy atom. The lowest BCUT2D eigenvalue weighted by atomic mass is 9.78. The normalized spacial score (nSPS) is 30.8. The summed E-state index contributed by atoms with van der Waals surface area (Å²) in [6.45, 7) is 8.60. The number of nitrogens with one attached hydrogen (secondary N) is 1. The number of nitrogens with zero attached hydrogens (tertiary/aromatic N) is 1. The third-order valence-electron chi connectivity index (χ3n) is 4.50. The third kappa shape index (κ3) is 3.93. The van der Waals surface area contributed by atoms with Crippen LogP contribution in [0.2, 0.25) is 0 Å². The molecule has 1 saturated carbocycles. The average molecular weight is 268 g/mol. The largest absolute Gasteiger partial charge is 0.465 e. The monoisotopic (exact) mass is 268 g/mol. The summed E-state index contributed by atoms with van der Waals surface area (Å²) >= 11 is 0. The van der Waals surface area contributed by atoms with Gasteiger partial charge in [-0.3, -0.25) is 9.69 Å². The molecule has 19 heavy (non-hydrogen) atoms. The van der Waals surface area contributed by atoms with Crippen LogP contribution in [0.3, 0.4) is 0 Å². The standard InChI is InChI=1S/C15H28N2O2/c1-3-19-15(18)14(17-9-7-16-8-10-17)13-6-4-5-12(2)11-13/h12-14,16H,3-11H2,1-2H3. The number of hydrogen-bond donors (Lipinski definition) is 1. The van der Waals surface area contributed by atoms with Crippen molar-refractivity contribution in [3.8, 4) is 0 Å². The van der Waals surface area contributed by atoms with Crippen molar-refractivity contribution >= 4 is 5.97 Å². The molecule has 0 aromatic heterocycles. The van der Waals surface area contributed by atoms with E-state index in [1.165, 1.54) is 25.7 Å². The highest BCUT2D eigenvalue weighted by Crippen LogP contribution is 2.33. The number of hydrogen-bond acceptors (Lipinski definition) is 4. The van der Waals surface area contributed by atoms with Crippen molar-refractivity contribution in [3.05, 3.63) is 0 Å². The Labute approximate surface area is 116 Å². The van der Waals surface area contributed by atoms with Gasteiger partial charge < -0.3 is 10.1 Å². The number of carbonyl (C=O) groups excluding carboxylic acids is 1. The van der Waals surface area contributed by atoms with Gasteiger partial charge in [0.05, 0.1) is 6.61 Å². The fourth-order valence-electron chi connectivity index (χ4n) is 3.60. The summed E-state index contributed by atoms with van der Waals surface area (Å²) in [5.41, 5.74) is 0. The summed E-state index contributed by atoms with van der Waals surface area (Å²) in [5, 5.41) is 3.36. The highest BCUT2D eigenvalue weighted by atomic mass is 16.5. The minimum absolute atomic E-state index is 0.00324. The first-order valence-electron chi connectivity index (χ1n) is 7.83. The van der Waals surface area contributed by atoms with Crippen LogP contribution in [0.15, 0.2) is 0 Å². The molecule has 1 aliphatic carbocycles. The van der Waals surface area contributed by atoms with E-state index in [1.807, 2.05) is 6.92 Å². The van der Waals surface area contributed by atoms with Crippen LogP contribution >= 0.6 is 0 Å². The predicted molar refractivity (Wildman–Crippen MR) is 76.0 cm³/mol. The second kappa shape index (κ2) is 7.25. The van der Waals surface area contributed by atoms with Crippen molar-refractivity contribution in [2.45, 2.75) is 45.6 Å². The number of rotatable bonds is 4. The van der Waals surface area contributed by atoms with Crippen LogP contribution in [0.1, 0.15) is 39.5 Å². The maximum Gasteiger partial charge on any atom is 0.323 e. The number of esters is 1. The lowest BCUT2D eigenvalue weighted by Gasteiger charge is -2.40. The van der Waals surface area contributed by atoms with E-state index in [9.17, 15) is 4.79 Å². The van der Waals surface area contributed by atoms with E-state index < -0.39 is 0 Å². The molecule has 2 fully saturated rings. The van der Waals surface area contributed by atoms with Gasteiger partial charge in [0.2, 0.25) is 0 Å². The van der Waals surface area contributed by atoms with Crippen LogP contribution in [-0.2, 0) is 9.53 Å².